The average Bonchev–Trinajstić information content (AvgIpc) is 2.77. The molecule has 20 heavy (non-hydrogen) atoms. The molecule has 2 rings (SSSR count). The number of rotatable bonds is 5. The van der Waals surface area contributed by atoms with Crippen LogP contribution in [-0.2, 0) is 23.9 Å². The molecule has 0 bridgehead atoms. The molecule has 0 aliphatic heterocycles. The van der Waals surface area contributed by atoms with E-state index < -0.39 is 11.7 Å². The Bertz CT molecular complexity index is 544. The van der Waals surface area contributed by atoms with Gasteiger partial charge in [-0.15, -0.1) is 0 Å². The normalized spacial score (nSPS) is 11.8. The van der Waals surface area contributed by atoms with Gasteiger partial charge in [0.15, 0.2) is 0 Å². The van der Waals surface area contributed by atoms with Crippen molar-refractivity contribution in [2.24, 2.45) is 0 Å². The molecule has 0 amide bonds. The second-order valence-corrected chi connectivity index (χ2v) is 4.48. The second kappa shape index (κ2) is 6.13. The summed E-state index contributed by atoms with van der Waals surface area (Å²) in [6.45, 7) is 2.17. The van der Waals surface area contributed by atoms with E-state index in [-0.39, 0.29) is 5.56 Å². The maximum atomic E-state index is 12.6. The van der Waals surface area contributed by atoms with Crippen molar-refractivity contribution < 1.29 is 22.3 Å². The molecule has 0 unspecified atom stereocenters. The van der Waals surface area contributed by atoms with Crippen LogP contribution in [-0.4, -0.2) is 6.61 Å². The highest BCUT2D eigenvalue weighted by molar-refractivity contribution is 5.29. The van der Waals surface area contributed by atoms with Crippen molar-refractivity contribution >= 4 is 0 Å². The van der Waals surface area contributed by atoms with Gasteiger partial charge in [0.05, 0.1) is 18.8 Å². The fraction of sp³-hybridized carbons (Fsp3) is 0.333. The molecule has 1 heterocycles. The summed E-state index contributed by atoms with van der Waals surface area (Å²) in [5, 5.41) is 0. The van der Waals surface area contributed by atoms with Crippen LogP contribution < -0.4 is 0 Å². The van der Waals surface area contributed by atoms with Gasteiger partial charge in [-0.2, -0.15) is 13.2 Å². The van der Waals surface area contributed by atoms with E-state index in [9.17, 15) is 13.2 Å². The standard InChI is InChI=1S/C15H15F3O2/c1-11-13(15(16,17)18)10-20-14(11)7-8-19-9-12-5-3-2-4-6-12/h2-6,10H,7-9H2,1H3. The molecule has 0 spiro atoms. The van der Waals surface area contributed by atoms with Crippen molar-refractivity contribution in [3.63, 3.8) is 0 Å². The maximum Gasteiger partial charge on any atom is 0.419 e. The van der Waals surface area contributed by atoms with Gasteiger partial charge in [0.2, 0.25) is 0 Å². The van der Waals surface area contributed by atoms with E-state index >= 15 is 0 Å². The van der Waals surface area contributed by atoms with Crippen LogP contribution in [0.3, 0.4) is 0 Å². The molecule has 1 aromatic heterocycles. The Morgan fingerprint density at radius 2 is 1.85 bits per heavy atom. The van der Waals surface area contributed by atoms with Crippen molar-refractivity contribution in [3.05, 3.63) is 59.0 Å². The molecule has 108 valence electrons. The van der Waals surface area contributed by atoms with Crippen LogP contribution in [0.4, 0.5) is 13.2 Å². The Balaban J connectivity index is 1.85. The number of hydrogen-bond donors (Lipinski definition) is 0. The molecule has 2 aromatic rings. The van der Waals surface area contributed by atoms with Crippen molar-refractivity contribution in [2.75, 3.05) is 6.61 Å². The van der Waals surface area contributed by atoms with E-state index in [0.717, 1.165) is 11.8 Å². The lowest BCUT2D eigenvalue weighted by atomic mass is 10.1. The van der Waals surface area contributed by atoms with Crippen molar-refractivity contribution in [1.82, 2.24) is 0 Å². The molecule has 0 aliphatic rings. The molecular weight excluding hydrogens is 269 g/mol. The minimum Gasteiger partial charge on any atom is -0.468 e. The van der Waals surface area contributed by atoms with Gasteiger partial charge in [0.1, 0.15) is 12.0 Å². The number of furan rings is 1. The predicted molar refractivity (Wildman–Crippen MR) is 68.2 cm³/mol. The predicted octanol–water partition coefficient (Wildman–Crippen LogP) is 4.37. The minimum atomic E-state index is -4.36. The van der Waals surface area contributed by atoms with Gasteiger partial charge < -0.3 is 9.15 Å². The molecule has 0 N–H and O–H groups in total. The van der Waals surface area contributed by atoms with Crippen LogP contribution in [0.1, 0.15) is 22.5 Å². The summed E-state index contributed by atoms with van der Waals surface area (Å²) in [6, 6.07) is 9.59. The third-order valence-electron chi connectivity index (χ3n) is 3.03. The van der Waals surface area contributed by atoms with Crippen LogP contribution in [0.5, 0.6) is 0 Å². The summed E-state index contributed by atoms with van der Waals surface area (Å²) in [5.41, 5.74) is 0.455. The Labute approximate surface area is 115 Å². The highest BCUT2D eigenvalue weighted by Crippen LogP contribution is 2.34. The van der Waals surface area contributed by atoms with E-state index in [1.807, 2.05) is 30.3 Å². The minimum absolute atomic E-state index is 0.140. The fourth-order valence-corrected chi connectivity index (χ4v) is 1.91. The van der Waals surface area contributed by atoms with Gasteiger partial charge in [0.25, 0.3) is 0 Å². The highest BCUT2D eigenvalue weighted by atomic mass is 19.4. The largest absolute Gasteiger partial charge is 0.468 e. The number of alkyl halides is 3. The zero-order chi connectivity index (χ0) is 14.6. The average molecular weight is 284 g/mol. The smallest absolute Gasteiger partial charge is 0.419 e. The molecule has 1 aromatic carbocycles. The van der Waals surface area contributed by atoms with Gasteiger partial charge in [-0.05, 0) is 12.5 Å². The Kier molecular flexibility index (Phi) is 4.49. The van der Waals surface area contributed by atoms with E-state index in [4.69, 9.17) is 9.15 Å². The number of halogens is 3. The molecule has 2 nitrogen and oxygen atoms in total. The van der Waals surface area contributed by atoms with E-state index in [0.29, 0.717) is 25.4 Å². The Hall–Kier alpha value is -1.75. The molecule has 0 saturated heterocycles. The Morgan fingerprint density at radius 1 is 1.15 bits per heavy atom. The zero-order valence-corrected chi connectivity index (χ0v) is 11.0. The van der Waals surface area contributed by atoms with E-state index in [2.05, 4.69) is 0 Å². The summed E-state index contributed by atoms with van der Waals surface area (Å²) in [6.07, 6.45) is -3.27. The van der Waals surface area contributed by atoms with Crippen LogP contribution in [0.25, 0.3) is 0 Å². The summed E-state index contributed by atoms with van der Waals surface area (Å²) in [5.74, 6) is 0.324. The number of hydrogen-bond acceptors (Lipinski definition) is 2. The summed E-state index contributed by atoms with van der Waals surface area (Å²) in [7, 11) is 0. The SMILES string of the molecule is Cc1c(C(F)(F)F)coc1CCOCc1ccccc1. The van der Waals surface area contributed by atoms with Gasteiger partial charge in [-0.3, -0.25) is 0 Å². The molecule has 0 atom stereocenters. The molecule has 0 fully saturated rings. The molecule has 0 aliphatic carbocycles. The molecule has 0 radical (unpaired) electrons. The lowest BCUT2D eigenvalue weighted by Crippen LogP contribution is -2.06. The lowest BCUT2D eigenvalue weighted by Gasteiger charge is -2.05. The highest BCUT2D eigenvalue weighted by Gasteiger charge is 2.35. The van der Waals surface area contributed by atoms with Crippen LogP contribution >= 0.6 is 0 Å². The first-order chi connectivity index (χ1) is 9.48. The maximum absolute atomic E-state index is 12.6. The van der Waals surface area contributed by atoms with Gasteiger partial charge in [-0.1, -0.05) is 30.3 Å². The van der Waals surface area contributed by atoms with Crippen LogP contribution in [0.15, 0.2) is 41.0 Å². The molecule has 5 heteroatoms. The summed E-state index contributed by atoms with van der Waals surface area (Å²) >= 11 is 0. The summed E-state index contributed by atoms with van der Waals surface area (Å²) in [4.78, 5) is 0. The first-order valence-corrected chi connectivity index (χ1v) is 6.24. The topological polar surface area (TPSA) is 22.4 Å². The van der Waals surface area contributed by atoms with Crippen LogP contribution in [0, 0.1) is 6.92 Å². The number of benzene rings is 1. The first-order valence-electron chi connectivity index (χ1n) is 6.24. The third-order valence-corrected chi connectivity index (χ3v) is 3.03. The molecular formula is C15H15F3O2. The van der Waals surface area contributed by atoms with Crippen molar-refractivity contribution in [3.8, 4) is 0 Å². The van der Waals surface area contributed by atoms with Crippen molar-refractivity contribution in [2.45, 2.75) is 26.1 Å². The summed E-state index contributed by atoms with van der Waals surface area (Å²) < 4.78 is 48.1. The number of ether oxygens (including phenoxy) is 1. The fourth-order valence-electron chi connectivity index (χ4n) is 1.91. The van der Waals surface area contributed by atoms with Gasteiger partial charge in [0, 0.05) is 12.0 Å². The van der Waals surface area contributed by atoms with Crippen LogP contribution in [0.2, 0.25) is 0 Å². The van der Waals surface area contributed by atoms with E-state index in [1.54, 1.807) is 0 Å². The second-order valence-electron chi connectivity index (χ2n) is 4.48. The monoisotopic (exact) mass is 284 g/mol. The molecule has 0 saturated carbocycles. The zero-order valence-electron chi connectivity index (χ0n) is 11.0. The van der Waals surface area contributed by atoms with Gasteiger partial charge >= 0.3 is 6.18 Å². The Morgan fingerprint density at radius 3 is 2.45 bits per heavy atom. The van der Waals surface area contributed by atoms with Gasteiger partial charge in [-0.25, -0.2) is 0 Å². The quantitative estimate of drug-likeness (QED) is 0.761. The van der Waals surface area contributed by atoms with E-state index in [1.165, 1.54) is 6.92 Å². The lowest BCUT2D eigenvalue weighted by molar-refractivity contribution is -0.138. The van der Waals surface area contributed by atoms with Crippen molar-refractivity contribution in [1.29, 1.82) is 0 Å². The first kappa shape index (κ1) is 14.7. The third kappa shape index (κ3) is 3.63.